The zero-order chi connectivity index (χ0) is 32.8. The molecule has 0 aliphatic rings. The van der Waals surface area contributed by atoms with E-state index in [1.165, 1.54) is 40.0 Å². The van der Waals surface area contributed by atoms with Crippen LogP contribution in [-0.2, 0) is 24.2 Å². The second-order valence-corrected chi connectivity index (χ2v) is 12.2. The largest absolute Gasteiger partial charge is 0.465 e. The Labute approximate surface area is 276 Å². The molecular weight excluding hydrogens is 580 g/mol. The summed E-state index contributed by atoms with van der Waals surface area (Å²) in [5, 5.41) is 2.38. The highest BCUT2D eigenvalue weighted by atomic mass is 16.5. The Morgan fingerprint density at radius 3 is 1.87 bits per heavy atom. The molecule has 0 aliphatic heterocycles. The van der Waals surface area contributed by atoms with E-state index in [0.29, 0.717) is 17.9 Å². The number of hydrogen-bond acceptors (Lipinski definition) is 4. The lowest BCUT2D eigenvalue weighted by atomic mass is 9.99. The Balaban J connectivity index is 0.000000191. The first-order valence-corrected chi connectivity index (χ1v) is 15.9. The minimum atomic E-state index is -0.338. The molecule has 3 aromatic heterocycles. The topological polar surface area (TPSA) is 75.1 Å². The molecule has 0 unspecified atom stereocenters. The Kier molecular flexibility index (Phi) is 9.48. The van der Waals surface area contributed by atoms with Gasteiger partial charge in [0.15, 0.2) is 0 Å². The molecule has 3 heterocycles. The van der Waals surface area contributed by atoms with Gasteiger partial charge in [0.25, 0.3) is 0 Å². The molecule has 7 aromatic rings. The molecule has 236 valence electrons. The lowest BCUT2D eigenvalue weighted by Crippen LogP contribution is -2.10. The average molecular weight is 621 g/mol. The molecule has 4 aromatic carbocycles. The van der Waals surface area contributed by atoms with Crippen molar-refractivity contribution < 1.29 is 9.53 Å². The molecule has 0 bridgehead atoms. The minimum Gasteiger partial charge on any atom is -0.465 e. The smallest absolute Gasteiger partial charge is 0.339 e. The Bertz CT molecular complexity index is 2110. The van der Waals surface area contributed by atoms with Crippen molar-refractivity contribution in [2.75, 3.05) is 12.8 Å². The summed E-state index contributed by atoms with van der Waals surface area (Å²) in [7, 11) is 1.41. The number of anilines is 1. The van der Waals surface area contributed by atoms with Crippen LogP contribution in [0.5, 0.6) is 0 Å². The van der Waals surface area contributed by atoms with Crippen LogP contribution in [0.2, 0.25) is 0 Å². The number of carbonyl (C=O) groups excluding carboxylic acids is 1. The van der Waals surface area contributed by atoms with E-state index in [9.17, 15) is 4.79 Å². The number of fused-ring (bicyclic) bond motifs is 2. The SMILES string of the molecule is COC(=O)c1cc(C(C)C)cnc1Cc1ccc2c(ccn2Cc2ccccc2)c1.Nc1ccc2c(ccn2Cc2ccccc2)c1. The highest BCUT2D eigenvalue weighted by molar-refractivity contribution is 5.91. The van der Waals surface area contributed by atoms with Crippen LogP contribution in [0.4, 0.5) is 5.69 Å². The van der Waals surface area contributed by atoms with Crippen molar-refractivity contribution in [3.05, 3.63) is 167 Å². The minimum absolute atomic E-state index is 0.302. The van der Waals surface area contributed by atoms with E-state index in [2.05, 4.69) is 125 Å². The van der Waals surface area contributed by atoms with Crippen LogP contribution in [0, 0.1) is 0 Å². The molecule has 0 aliphatic carbocycles. The van der Waals surface area contributed by atoms with Gasteiger partial charge in [-0.05, 0) is 82.1 Å². The molecule has 0 radical (unpaired) electrons. The molecule has 0 spiro atoms. The van der Waals surface area contributed by atoms with Gasteiger partial charge in [-0.3, -0.25) is 4.98 Å². The van der Waals surface area contributed by atoms with Gasteiger partial charge in [0.05, 0.1) is 18.4 Å². The molecular formula is C41H40N4O2. The number of carbonyl (C=O) groups is 1. The zero-order valence-electron chi connectivity index (χ0n) is 27.1. The van der Waals surface area contributed by atoms with Crippen molar-refractivity contribution in [2.24, 2.45) is 0 Å². The number of nitrogens with two attached hydrogens (primary N) is 1. The van der Waals surface area contributed by atoms with Crippen LogP contribution in [0.1, 0.15) is 58.1 Å². The van der Waals surface area contributed by atoms with E-state index in [0.717, 1.165) is 35.6 Å². The Hall–Kier alpha value is -5.62. The van der Waals surface area contributed by atoms with Crippen LogP contribution < -0.4 is 5.73 Å². The first-order chi connectivity index (χ1) is 22.9. The maximum atomic E-state index is 12.3. The van der Waals surface area contributed by atoms with Gasteiger partial charge in [-0.25, -0.2) is 4.79 Å². The van der Waals surface area contributed by atoms with Crippen molar-refractivity contribution >= 4 is 33.5 Å². The monoisotopic (exact) mass is 620 g/mol. The average Bonchev–Trinajstić information content (AvgIpc) is 3.68. The van der Waals surface area contributed by atoms with Crippen molar-refractivity contribution in [1.82, 2.24) is 14.1 Å². The molecule has 6 heteroatoms. The second-order valence-electron chi connectivity index (χ2n) is 12.2. The zero-order valence-corrected chi connectivity index (χ0v) is 27.1. The Morgan fingerprint density at radius 2 is 1.30 bits per heavy atom. The van der Waals surface area contributed by atoms with Gasteiger partial charge in [0.2, 0.25) is 0 Å². The molecule has 7 rings (SSSR count). The summed E-state index contributed by atoms with van der Waals surface area (Å²) in [5.41, 5.74) is 15.0. The summed E-state index contributed by atoms with van der Waals surface area (Å²) < 4.78 is 9.49. The molecule has 2 N–H and O–H groups in total. The van der Waals surface area contributed by atoms with Gasteiger partial charge in [-0.2, -0.15) is 0 Å². The van der Waals surface area contributed by atoms with Gasteiger partial charge in [-0.15, -0.1) is 0 Å². The number of methoxy groups -OCH3 is 1. The van der Waals surface area contributed by atoms with Crippen LogP contribution >= 0.6 is 0 Å². The van der Waals surface area contributed by atoms with Gasteiger partial charge < -0.3 is 19.6 Å². The van der Waals surface area contributed by atoms with Crippen LogP contribution in [-0.4, -0.2) is 27.2 Å². The number of aromatic nitrogens is 3. The number of rotatable bonds is 8. The quantitative estimate of drug-likeness (QED) is 0.136. The van der Waals surface area contributed by atoms with E-state index in [1.807, 2.05) is 36.5 Å². The summed E-state index contributed by atoms with van der Waals surface area (Å²) in [4.78, 5) is 16.9. The number of benzene rings is 4. The number of ether oxygens (including phenoxy) is 1. The molecule has 0 saturated heterocycles. The first-order valence-electron chi connectivity index (χ1n) is 15.9. The fourth-order valence-electron chi connectivity index (χ4n) is 5.86. The maximum Gasteiger partial charge on any atom is 0.339 e. The molecule has 0 saturated carbocycles. The lowest BCUT2D eigenvalue weighted by Gasteiger charge is -2.12. The first kappa shape index (κ1) is 31.4. The van der Waals surface area contributed by atoms with Crippen molar-refractivity contribution in [3.63, 3.8) is 0 Å². The third kappa shape index (κ3) is 7.45. The fraction of sp³-hybridized carbons (Fsp3) is 0.171. The summed E-state index contributed by atoms with van der Waals surface area (Å²) >= 11 is 0. The van der Waals surface area contributed by atoms with Crippen LogP contribution in [0.25, 0.3) is 21.8 Å². The van der Waals surface area contributed by atoms with Gasteiger partial charge in [0.1, 0.15) is 0 Å². The number of pyridine rings is 1. The van der Waals surface area contributed by atoms with Gasteiger partial charge in [0, 0.05) is 60.2 Å². The number of hydrogen-bond donors (Lipinski definition) is 1. The van der Waals surface area contributed by atoms with Gasteiger partial charge >= 0.3 is 5.97 Å². The van der Waals surface area contributed by atoms with E-state index in [1.54, 1.807) is 0 Å². The van der Waals surface area contributed by atoms with Crippen LogP contribution in [0.3, 0.4) is 0 Å². The maximum absolute atomic E-state index is 12.3. The van der Waals surface area contributed by atoms with E-state index >= 15 is 0 Å². The predicted octanol–water partition coefficient (Wildman–Crippen LogP) is 8.86. The summed E-state index contributed by atoms with van der Waals surface area (Å²) in [6, 6.07) is 39.5. The standard InChI is InChI=1S/C26H26N2O2.C15H14N2/c1-18(2)22-15-23(26(29)30-3)24(27-16-22)14-20-9-10-25-21(13-20)11-12-28(25)17-19-7-5-4-6-8-19;16-14-6-7-15-13(10-14)8-9-17(15)11-12-4-2-1-3-5-12/h4-13,15-16,18H,14,17H2,1-3H3;1-10H,11,16H2. The molecule has 6 nitrogen and oxygen atoms in total. The lowest BCUT2D eigenvalue weighted by molar-refractivity contribution is 0.0599. The summed E-state index contributed by atoms with van der Waals surface area (Å²) in [6.45, 7) is 5.92. The molecule has 0 fully saturated rings. The van der Waals surface area contributed by atoms with Gasteiger partial charge in [-0.1, -0.05) is 80.6 Å². The highest BCUT2D eigenvalue weighted by Crippen LogP contribution is 2.24. The van der Waals surface area contributed by atoms with Crippen molar-refractivity contribution in [3.8, 4) is 0 Å². The number of nitrogens with zero attached hydrogens (tertiary/aromatic N) is 3. The van der Waals surface area contributed by atoms with E-state index in [4.69, 9.17) is 10.5 Å². The van der Waals surface area contributed by atoms with E-state index < -0.39 is 0 Å². The van der Waals surface area contributed by atoms with Crippen molar-refractivity contribution in [2.45, 2.75) is 39.3 Å². The van der Waals surface area contributed by atoms with Crippen LogP contribution in [0.15, 0.2) is 134 Å². The fourth-order valence-corrected chi connectivity index (χ4v) is 5.86. The summed E-state index contributed by atoms with van der Waals surface area (Å²) in [5.74, 6) is -0.0363. The number of nitrogen functional groups attached to an aromatic ring is 1. The normalized spacial score (nSPS) is 11.1. The molecule has 0 atom stereocenters. The highest BCUT2D eigenvalue weighted by Gasteiger charge is 2.16. The summed E-state index contributed by atoms with van der Waals surface area (Å²) in [6.07, 6.45) is 6.68. The Morgan fingerprint density at radius 1 is 0.723 bits per heavy atom. The van der Waals surface area contributed by atoms with Crippen molar-refractivity contribution in [1.29, 1.82) is 0 Å². The third-order valence-electron chi connectivity index (χ3n) is 8.46. The molecule has 47 heavy (non-hydrogen) atoms. The third-order valence-corrected chi connectivity index (χ3v) is 8.46. The number of esters is 1. The molecule has 0 amide bonds. The van der Waals surface area contributed by atoms with E-state index in [-0.39, 0.29) is 5.97 Å². The second kappa shape index (κ2) is 14.2. The predicted molar refractivity (Wildman–Crippen MR) is 192 cm³/mol.